The van der Waals surface area contributed by atoms with E-state index in [0.717, 1.165) is 36.7 Å². The third-order valence-electron chi connectivity index (χ3n) is 3.97. The number of aromatic nitrogens is 3. The Morgan fingerprint density at radius 3 is 2.73 bits per heavy atom. The molecule has 0 radical (unpaired) electrons. The van der Waals surface area contributed by atoms with Crippen molar-refractivity contribution in [3.63, 3.8) is 0 Å². The Morgan fingerprint density at radius 2 is 2.08 bits per heavy atom. The van der Waals surface area contributed by atoms with Gasteiger partial charge in [0.25, 0.3) is 0 Å². The van der Waals surface area contributed by atoms with Crippen LogP contribution in [0.5, 0.6) is 0 Å². The average molecular weight is 369 g/mol. The molecule has 2 N–H and O–H groups in total. The largest absolute Gasteiger partial charge is 0.356 e. The van der Waals surface area contributed by atoms with Gasteiger partial charge in [0.2, 0.25) is 0 Å². The Bertz CT molecular complexity index is 820. The van der Waals surface area contributed by atoms with E-state index in [-0.39, 0.29) is 0 Å². The van der Waals surface area contributed by atoms with Crippen molar-refractivity contribution < 1.29 is 0 Å². The molecule has 3 aromatic rings. The molecule has 2 aromatic heterocycles. The minimum atomic E-state index is 0.689. The van der Waals surface area contributed by atoms with E-state index in [2.05, 4.69) is 62.3 Å². The summed E-state index contributed by atoms with van der Waals surface area (Å²) in [6.45, 7) is 3.63. The first kappa shape index (κ1) is 18.1. The molecule has 0 saturated heterocycles. The second-order valence-corrected chi connectivity index (χ2v) is 6.75. The predicted molar refractivity (Wildman–Crippen MR) is 107 cm³/mol. The summed E-state index contributed by atoms with van der Waals surface area (Å²) in [5.41, 5.74) is 3.40. The van der Waals surface area contributed by atoms with Gasteiger partial charge in [-0.1, -0.05) is 19.1 Å². The van der Waals surface area contributed by atoms with Gasteiger partial charge in [0.1, 0.15) is 0 Å². The van der Waals surface area contributed by atoms with E-state index in [1.807, 2.05) is 16.9 Å². The van der Waals surface area contributed by atoms with Crippen LogP contribution in [-0.4, -0.2) is 34.3 Å². The van der Waals surface area contributed by atoms with E-state index in [0.29, 0.717) is 6.54 Å². The molecule has 136 valence electrons. The molecule has 2 heterocycles. The SMILES string of the molecule is CCc1nc(CNC(=NC)NCCc2ccc(-n3cccn3)cc2)cs1. The van der Waals surface area contributed by atoms with Gasteiger partial charge in [0.15, 0.2) is 5.96 Å². The first-order valence-electron chi connectivity index (χ1n) is 8.75. The fourth-order valence-corrected chi connectivity index (χ4v) is 3.29. The summed E-state index contributed by atoms with van der Waals surface area (Å²) >= 11 is 1.71. The van der Waals surface area contributed by atoms with Crippen molar-refractivity contribution >= 4 is 17.3 Å². The molecule has 1 aromatic carbocycles. The van der Waals surface area contributed by atoms with Gasteiger partial charge in [0, 0.05) is 31.4 Å². The first-order chi connectivity index (χ1) is 12.8. The molecule has 0 atom stereocenters. The Labute approximate surface area is 158 Å². The van der Waals surface area contributed by atoms with Crippen LogP contribution in [0.15, 0.2) is 53.1 Å². The minimum Gasteiger partial charge on any atom is -0.356 e. The number of guanidine groups is 1. The number of rotatable bonds is 7. The molecule has 0 unspecified atom stereocenters. The Hall–Kier alpha value is -2.67. The summed E-state index contributed by atoms with van der Waals surface area (Å²) in [7, 11) is 1.78. The zero-order chi connectivity index (χ0) is 18.2. The van der Waals surface area contributed by atoms with Crippen molar-refractivity contribution in [2.45, 2.75) is 26.3 Å². The number of nitrogens with zero attached hydrogens (tertiary/aromatic N) is 4. The number of benzene rings is 1. The van der Waals surface area contributed by atoms with Gasteiger partial charge < -0.3 is 10.6 Å². The van der Waals surface area contributed by atoms with Crippen molar-refractivity contribution in [2.75, 3.05) is 13.6 Å². The van der Waals surface area contributed by atoms with Crippen molar-refractivity contribution in [3.8, 4) is 5.69 Å². The average Bonchev–Trinajstić information content (AvgIpc) is 3.36. The number of aliphatic imine (C=N–C) groups is 1. The highest BCUT2D eigenvalue weighted by Gasteiger charge is 2.03. The van der Waals surface area contributed by atoms with Gasteiger partial charge in [-0.15, -0.1) is 11.3 Å². The van der Waals surface area contributed by atoms with E-state index in [4.69, 9.17) is 0 Å². The maximum atomic E-state index is 4.56. The van der Waals surface area contributed by atoms with Gasteiger partial charge in [-0.05, 0) is 36.6 Å². The highest BCUT2D eigenvalue weighted by Crippen LogP contribution is 2.10. The molecule has 26 heavy (non-hydrogen) atoms. The molecule has 3 rings (SSSR count). The van der Waals surface area contributed by atoms with Crippen molar-refractivity contribution in [1.82, 2.24) is 25.4 Å². The maximum Gasteiger partial charge on any atom is 0.191 e. The third-order valence-corrected chi connectivity index (χ3v) is 5.02. The van der Waals surface area contributed by atoms with E-state index in [9.17, 15) is 0 Å². The summed E-state index contributed by atoms with van der Waals surface area (Å²) < 4.78 is 1.86. The number of hydrogen-bond donors (Lipinski definition) is 2. The van der Waals surface area contributed by atoms with Crippen LogP contribution in [0, 0.1) is 0 Å². The van der Waals surface area contributed by atoms with Crippen LogP contribution >= 0.6 is 11.3 Å². The molecule has 7 heteroatoms. The van der Waals surface area contributed by atoms with Crippen LogP contribution < -0.4 is 10.6 Å². The van der Waals surface area contributed by atoms with Crippen LogP contribution in [0.2, 0.25) is 0 Å². The van der Waals surface area contributed by atoms with E-state index in [1.165, 1.54) is 10.6 Å². The standard InChI is InChI=1S/C19H24N6S/c1-3-18-24-16(14-26-18)13-22-19(20-2)21-11-9-15-5-7-17(8-6-15)25-12-4-10-23-25/h4-8,10,12,14H,3,9,11,13H2,1-2H3,(H2,20,21,22). The Morgan fingerprint density at radius 1 is 1.23 bits per heavy atom. The molecule has 6 nitrogen and oxygen atoms in total. The second kappa shape index (κ2) is 9.15. The molecule has 0 saturated carbocycles. The van der Waals surface area contributed by atoms with Crippen LogP contribution in [0.3, 0.4) is 0 Å². The molecule has 0 fully saturated rings. The Balaban J connectivity index is 1.44. The topological polar surface area (TPSA) is 67.1 Å². The van der Waals surface area contributed by atoms with Gasteiger partial charge in [-0.2, -0.15) is 5.10 Å². The van der Waals surface area contributed by atoms with Crippen LogP contribution in [0.1, 0.15) is 23.2 Å². The van der Waals surface area contributed by atoms with E-state index < -0.39 is 0 Å². The summed E-state index contributed by atoms with van der Waals surface area (Å²) in [4.78, 5) is 8.83. The third kappa shape index (κ3) is 4.92. The maximum absolute atomic E-state index is 4.56. The van der Waals surface area contributed by atoms with E-state index in [1.54, 1.807) is 24.6 Å². The monoisotopic (exact) mass is 368 g/mol. The summed E-state index contributed by atoms with van der Waals surface area (Å²) in [5, 5.41) is 14.2. The fourth-order valence-electron chi connectivity index (χ4n) is 2.55. The molecule has 0 spiro atoms. The summed E-state index contributed by atoms with van der Waals surface area (Å²) in [6.07, 6.45) is 5.64. The molecule has 0 aliphatic heterocycles. The lowest BCUT2D eigenvalue weighted by atomic mass is 10.1. The highest BCUT2D eigenvalue weighted by atomic mass is 32.1. The predicted octanol–water partition coefficient (Wildman–Crippen LogP) is 2.80. The number of aryl methyl sites for hydroxylation is 1. The molecule has 0 amide bonds. The molecule has 0 aliphatic carbocycles. The number of nitrogens with one attached hydrogen (secondary N) is 2. The summed E-state index contributed by atoms with van der Waals surface area (Å²) in [5.74, 6) is 0.796. The van der Waals surface area contributed by atoms with Gasteiger partial charge >= 0.3 is 0 Å². The van der Waals surface area contributed by atoms with Crippen LogP contribution in [0.4, 0.5) is 0 Å². The number of hydrogen-bond acceptors (Lipinski definition) is 4. The van der Waals surface area contributed by atoms with Crippen molar-refractivity contribution in [1.29, 1.82) is 0 Å². The molecule has 0 aliphatic rings. The van der Waals surface area contributed by atoms with E-state index >= 15 is 0 Å². The lowest BCUT2D eigenvalue weighted by Crippen LogP contribution is -2.37. The number of thiazole rings is 1. The zero-order valence-electron chi connectivity index (χ0n) is 15.1. The normalized spacial score (nSPS) is 11.5. The fraction of sp³-hybridized carbons (Fsp3) is 0.316. The highest BCUT2D eigenvalue weighted by molar-refractivity contribution is 7.09. The molecular weight excluding hydrogens is 344 g/mol. The zero-order valence-corrected chi connectivity index (χ0v) is 16.0. The van der Waals surface area contributed by atoms with Crippen LogP contribution in [0.25, 0.3) is 5.69 Å². The first-order valence-corrected chi connectivity index (χ1v) is 9.63. The lowest BCUT2D eigenvalue weighted by molar-refractivity contribution is 0.783. The van der Waals surface area contributed by atoms with Gasteiger partial charge in [0.05, 0.1) is 22.9 Å². The van der Waals surface area contributed by atoms with Gasteiger partial charge in [-0.25, -0.2) is 9.67 Å². The van der Waals surface area contributed by atoms with Gasteiger partial charge in [-0.3, -0.25) is 4.99 Å². The van der Waals surface area contributed by atoms with Crippen molar-refractivity contribution in [3.05, 3.63) is 64.4 Å². The molecular formula is C19H24N6S. The quantitative estimate of drug-likeness (QED) is 0.497. The Kier molecular flexibility index (Phi) is 6.38. The van der Waals surface area contributed by atoms with Crippen LogP contribution in [-0.2, 0) is 19.4 Å². The second-order valence-electron chi connectivity index (χ2n) is 5.81. The molecule has 0 bridgehead atoms. The minimum absolute atomic E-state index is 0.689. The summed E-state index contributed by atoms with van der Waals surface area (Å²) in [6, 6.07) is 10.4. The lowest BCUT2D eigenvalue weighted by Gasteiger charge is -2.11. The van der Waals surface area contributed by atoms with Crippen molar-refractivity contribution in [2.24, 2.45) is 4.99 Å². The smallest absolute Gasteiger partial charge is 0.191 e.